The first-order valence-corrected chi connectivity index (χ1v) is 12.8. The standard InChI is InChI=1S/C28H26Ge/c1-22-8-5-9-23(16-22)17-24-10-6-11-25(18-24)19-26-12-7-13-27(20-26)21-29-28-14-3-2-4-15-28/h2-16,18,20H,17,19,21H2,1H3. The maximum absolute atomic E-state index is 2.40. The van der Waals surface area contributed by atoms with E-state index in [4.69, 9.17) is 0 Å². The molecule has 2 radical (unpaired) electrons. The van der Waals surface area contributed by atoms with Gasteiger partial charge in [-0.05, 0) is 6.92 Å². The molecule has 0 amide bonds. The Hall–Kier alpha value is -2.58. The van der Waals surface area contributed by atoms with Crippen molar-refractivity contribution in [1.82, 2.24) is 0 Å². The predicted molar refractivity (Wildman–Crippen MR) is 125 cm³/mol. The molecule has 4 aromatic carbocycles. The summed E-state index contributed by atoms with van der Waals surface area (Å²) in [4.78, 5) is 0. The van der Waals surface area contributed by atoms with Crippen molar-refractivity contribution in [2.24, 2.45) is 0 Å². The van der Waals surface area contributed by atoms with Gasteiger partial charge in [-0.15, -0.1) is 0 Å². The number of benzene rings is 4. The van der Waals surface area contributed by atoms with Crippen molar-refractivity contribution in [2.45, 2.75) is 25.0 Å². The molecule has 29 heavy (non-hydrogen) atoms. The van der Waals surface area contributed by atoms with Gasteiger partial charge >= 0.3 is 168 Å². The fraction of sp³-hybridized carbons (Fsp3) is 0.143. The van der Waals surface area contributed by atoms with Crippen LogP contribution in [0.4, 0.5) is 0 Å². The minimum absolute atomic E-state index is 0.106. The molecule has 1 heteroatoms. The predicted octanol–water partition coefficient (Wildman–Crippen LogP) is 5.71. The second kappa shape index (κ2) is 9.76. The third-order valence-electron chi connectivity index (χ3n) is 5.15. The molecule has 0 aliphatic carbocycles. The van der Waals surface area contributed by atoms with Gasteiger partial charge in [0.1, 0.15) is 0 Å². The Bertz CT molecular complexity index is 1070. The Kier molecular flexibility index (Phi) is 6.64. The molecule has 0 fully saturated rings. The zero-order valence-electron chi connectivity index (χ0n) is 16.9. The summed E-state index contributed by atoms with van der Waals surface area (Å²) in [7, 11) is 0. The van der Waals surface area contributed by atoms with Crippen LogP contribution in [0.3, 0.4) is 0 Å². The van der Waals surface area contributed by atoms with Crippen LogP contribution in [0.2, 0.25) is 0 Å². The van der Waals surface area contributed by atoms with Crippen molar-refractivity contribution < 1.29 is 0 Å². The van der Waals surface area contributed by atoms with Crippen LogP contribution in [0.5, 0.6) is 0 Å². The summed E-state index contributed by atoms with van der Waals surface area (Å²) in [5, 5.41) is 1.21. The molecule has 0 bridgehead atoms. The zero-order chi connectivity index (χ0) is 19.9. The summed E-state index contributed by atoms with van der Waals surface area (Å²) < 4.78 is 1.53. The van der Waals surface area contributed by atoms with Crippen LogP contribution in [0.25, 0.3) is 0 Å². The fourth-order valence-corrected chi connectivity index (χ4v) is 5.97. The van der Waals surface area contributed by atoms with Crippen LogP contribution >= 0.6 is 0 Å². The average Bonchev–Trinajstić information content (AvgIpc) is 2.74. The Balaban J connectivity index is 1.42. The molecule has 0 saturated carbocycles. The van der Waals surface area contributed by atoms with Gasteiger partial charge in [-0.25, -0.2) is 0 Å². The van der Waals surface area contributed by atoms with Gasteiger partial charge in [-0.1, -0.05) is 6.07 Å². The molecule has 0 N–H and O–H groups in total. The molecule has 0 atom stereocenters. The SMILES string of the molecule is Cc1cccc(Cc2cccc(Cc3cccc([CH2][Ge][c]4ccccc4)c3)c2)c1. The summed E-state index contributed by atoms with van der Waals surface area (Å²) in [5.41, 5.74) is 8.38. The van der Waals surface area contributed by atoms with E-state index < -0.39 is 0 Å². The number of hydrogen-bond donors (Lipinski definition) is 0. The van der Waals surface area contributed by atoms with E-state index in [1.54, 1.807) is 0 Å². The van der Waals surface area contributed by atoms with Gasteiger partial charge in [0.2, 0.25) is 0 Å². The first kappa shape index (κ1) is 19.7. The summed E-state index contributed by atoms with van der Waals surface area (Å²) in [6.07, 6.45) is 2.00. The fourth-order valence-electron chi connectivity index (χ4n) is 3.75. The van der Waals surface area contributed by atoms with Gasteiger partial charge in [-0.2, -0.15) is 0 Å². The molecular formula is C28H26Ge. The van der Waals surface area contributed by atoms with Crippen LogP contribution in [0, 0.1) is 6.92 Å². The molecule has 4 rings (SSSR count). The average molecular weight is 435 g/mol. The Labute approximate surface area is 181 Å². The van der Waals surface area contributed by atoms with Crippen molar-refractivity contribution in [1.29, 1.82) is 0 Å². The van der Waals surface area contributed by atoms with E-state index in [9.17, 15) is 0 Å². The van der Waals surface area contributed by atoms with Crippen molar-refractivity contribution in [2.75, 3.05) is 0 Å². The quantitative estimate of drug-likeness (QED) is 0.327. The first-order chi connectivity index (χ1) is 14.2. The van der Waals surface area contributed by atoms with Crippen LogP contribution in [-0.4, -0.2) is 15.4 Å². The van der Waals surface area contributed by atoms with E-state index in [0.717, 1.165) is 12.8 Å². The van der Waals surface area contributed by atoms with E-state index in [2.05, 4.69) is 110 Å². The molecule has 0 aliphatic rings. The number of hydrogen-bond acceptors (Lipinski definition) is 0. The maximum atomic E-state index is 2.40. The molecule has 0 unspecified atom stereocenters. The summed E-state index contributed by atoms with van der Waals surface area (Å²) >= 11 is -0.106. The molecular weight excluding hydrogens is 409 g/mol. The first-order valence-electron chi connectivity index (χ1n) is 10.2. The zero-order valence-corrected chi connectivity index (χ0v) is 19.0. The van der Waals surface area contributed by atoms with Gasteiger partial charge in [0.05, 0.1) is 0 Å². The van der Waals surface area contributed by atoms with Crippen LogP contribution < -0.4 is 4.40 Å². The van der Waals surface area contributed by atoms with E-state index in [1.807, 2.05) is 0 Å². The summed E-state index contributed by atoms with van der Waals surface area (Å²) in [6, 6.07) is 38.0. The van der Waals surface area contributed by atoms with Gasteiger partial charge < -0.3 is 0 Å². The van der Waals surface area contributed by atoms with Gasteiger partial charge in [0.25, 0.3) is 0 Å². The van der Waals surface area contributed by atoms with Crippen LogP contribution in [0.1, 0.15) is 33.4 Å². The summed E-state index contributed by atoms with van der Waals surface area (Å²) in [6.45, 7) is 2.16. The minimum atomic E-state index is -0.106. The molecule has 0 nitrogen and oxygen atoms in total. The van der Waals surface area contributed by atoms with E-state index >= 15 is 0 Å². The molecule has 142 valence electrons. The van der Waals surface area contributed by atoms with Crippen molar-refractivity contribution in [3.05, 3.63) is 137 Å². The molecule has 0 heterocycles. The Morgan fingerprint density at radius 2 is 1.03 bits per heavy atom. The monoisotopic (exact) mass is 436 g/mol. The topological polar surface area (TPSA) is 0 Å². The molecule has 0 aliphatic heterocycles. The van der Waals surface area contributed by atoms with E-state index in [1.165, 1.54) is 43.0 Å². The van der Waals surface area contributed by atoms with Crippen LogP contribution in [0.15, 0.2) is 103 Å². The van der Waals surface area contributed by atoms with Gasteiger partial charge in [0, 0.05) is 0 Å². The van der Waals surface area contributed by atoms with E-state index in [0.29, 0.717) is 0 Å². The Morgan fingerprint density at radius 1 is 0.517 bits per heavy atom. The van der Waals surface area contributed by atoms with Crippen molar-refractivity contribution in [3.63, 3.8) is 0 Å². The van der Waals surface area contributed by atoms with E-state index in [-0.39, 0.29) is 15.4 Å². The van der Waals surface area contributed by atoms with Crippen molar-refractivity contribution >= 4 is 19.8 Å². The third-order valence-corrected chi connectivity index (χ3v) is 7.94. The second-order valence-corrected chi connectivity index (χ2v) is 10.4. The normalized spacial score (nSPS) is 10.8. The number of aryl methyl sites for hydroxylation is 1. The van der Waals surface area contributed by atoms with Gasteiger partial charge in [-0.3, -0.25) is 0 Å². The molecule has 0 aromatic heterocycles. The Morgan fingerprint density at radius 3 is 1.66 bits per heavy atom. The molecule has 0 spiro atoms. The van der Waals surface area contributed by atoms with Crippen molar-refractivity contribution in [3.8, 4) is 0 Å². The molecule has 4 aromatic rings. The second-order valence-electron chi connectivity index (χ2n) is 7.70. The third kappa shape index (κ3) is 5.95. The van der Waals surface area contributed by atoms with Crippen LogP contribution in [-0.2, 0) is 18.1 Å². The summed E-state index contributed by atoms with van der Waals surface area (Å²) in [5.74, 6) is 0. The van der Waals surface area contributed by atoms with Gasteiger partial charge in [0.15, 0.2) is 0 Å². The number of rotatable bonds is 7. The molecule has 0 saturated heterocycles.